The zero-order valence-electron chi connectivity index (χ0n) is 17.1. The molecule has 0 bridgehead atoms. The van der Waals surface area contributed by atoms with Crippen LogP contribution in [0, 0.1) is 5.92 Å². The van der Waals surface area contributed by atoms with Crippen molar-refractivity contribution in [2.24, 2.45) is 5.92 Å². The van der Waals surface area contributed by atoms with Gasteiger partial charge in [-0.25, -0.2) is 9.97 Å². The summed E-state index contributed by atoms with van der Waals surface area (Å²) in [7, 11) is 0. The molecule has 4 rings (SSSR count). The molecule has 1 N–H and O–H groups in total. The van der Waals surface area contributed by atoms with E-state index in [1.165, 1.54) is 5.56 Å². The van der Waals surface area contributed by atoms with Crippen molar-refractivity contribution in [2.45, 2.75) is 32.6 Å². The first-order chi connectivity index (χ1) is 14.6. The van der Waals surface area contributed by atoms with Crippen LogP contribution in [0.1, 0.15) is 31.0 Å². The molecular formula is C23H26N4O3. The lowest BCUT2D eigenvalue weighted by Gasteiger charge is -2.33. The second kappa shape index (κ2) is 9.07. The number of benzene rings is 1. The molecule has 0 aliphatic carbocycles. The van der Waals surface area contributed by atoms with Crippen LogP contribution in [0.3, 0.4) is 0 Å². The zero-order valence-corrected chi connectivity index (χ0v) is 17.1. The van der Waals surface area contributed by atoms with Gasteiger partial charge in [0.2, 0.25) is 0 Å². The van der Waals surface area contributed by atoms with Crippen molar-refractivity contribution in [3.63, 3.8) is 0 Å². The highest BCUT2D eigenvalue weighted by atomic mass is 16.5. The van der Waals surface area contributed by atoms with Crippen molar-refractivity contribution in [3.05, 3.63) is 64.1 Å². The lowest BCUT2D eigenvalue weighted by molar-refractivity contribution is -0.142. The van der Waals surface area contributed by atoms with Crippen LogP contribution in [0.4, 0.5) is 5.82 Å². The topological polar surface area (TPSA) is 88.2 Å². The molecule has 0 amide bonds. The second-order valence-corrected chi connectivity index (χ2v) is 7.66. The van der Waals surface area contributed by atoms with Crippen LogP contribution < -0.4 is 10.5 Å². The lowest BCUT2D eigenvalue weighted by atomic mass is 9.90. The first-order valence-corrected chi connectivity index (χ1v) is 10.5. The van der Waals surface area contributed by atoms with Crippen molar-refractivity contribution in [3.8, 4) is 0 Å². The van der Waals surface area contributed by atoms with Gasteiger partial charge in [0.15, 0.2) is 5.65 Å². The molecule has 0 atom stereocenters. The Hall–Kier alpha value is -3.22. The van der Waals surface area contributed by atoms with Crippen LogP contribution in [-0.4, -0.2) is 40.6 Å². The van der Waals surface area contributed by atoms with Gasteiger partial charge < -0.3 is 14.6 Å². The van der Waals surface area contributed by atoms with Gasteiger partial charge in [-0.2, -0.15) is 0 Å². The number of carbonyl (C=O) groups is 1. The fourth-order valence-electron chi connectivity index (χ4n) is 3.95. The molecule has 0 saturated carbocycles. The molecule has 1 aliphatic heterocycles. The highest BCUT2D eigenvalue weighted by Gasteiger charge is 2.21. The van der Waals surface area contributed by atoms with E-state index in [1.54, 1.807) is 6.92 Å². The Kier molecular flexibility index (Phi) is 6.07. The van der Waals surface area contributed by atoms with Crippen LogP contribution in [0.5, 0.6) is 0 Å². The highest BCUT2D eigenvalue weighted by Crippen LogP contribution is 2.25. The lowest BCUT2D eigenvalue weighted by Crippen LogP contribution is -2.35. The summed E-state index contributed by atoms with van der Waals surface area (Å²) in [6.45, 7) is 3.88. The number of esters is 1. The Balaban J connectivity index is 1.46. The zero-order chi connectivity index (χ0) is 20.9. The molecule has 1 saturated heterocycles. The molecule has 3 aromatic rings. The fraction of sp³-hybridized carbons (Fsp3) is 0.391. The number of nitrogens with one attached hydrogen (secondary N) is 1. The molecule has 156 valence electrons. The Labute approximate surface area is 175 Å². The number of nitrogens with zero attached hydrogens (tertiary/aromatic N) is 3. The van der Waals surface area contributed by atoms with Crippen LogP contribution in [0.2, 0.25) is 0 Å². The van der Waals surface area contributed by atoms with Crippen molar-refractivity contribution in [1.29, 1.82) is 0 Å². The molecule has 7 heteroatoms. The summed E-state index contributed by atoms with van der Waals surface area (Å²) < 4.78 is 4.92. The summed E-state index contributed by atoms with van der Waals surface area (Å²) in [4.78, 5) is 37.9. The van der Waals surface area contributed by atoms with Gasteiger partial charge in [-0.1, -0.05) is 30.3 Å². The monoisotopic (exact) mass is 406 g/mol. The fourth-order valence-corrected chi connectivity index (χ4v) is 3.95. The molecule has 7 nitrogen and oxygen atoms in total. The molecule has 0 spiro atoms. The summed E-state index contributed by atoms with van der Waals surface area (Å²) in [5.74, 6) is 1.06. The van der Waals surface area contributed by atoms with E-state index >= 15 is 0 Å². The molecule has 1 fully saturated rings. The normalized spacial score (nSPS) is 14.8. The summed E-state index contributed by atoms with van der Waals surface area (Å²) in [5, 5.41) is 0. The molecule has 2 aromatic heterocycles. The van der Waals surface area contributed by atoms with Crippen molar-refractivity contribution in [1.82, 2.24) is 15.0 Å². The third-order valence-electron chi connectivity index (χ3n) is 5.53. The number of anilines is 1. The van der Waals surface area contributed by atoms with Gasteiger partial charge in [-0.3, -0.25) is 9.59 Å². The Morgan fingerprint density at radius 2 is 1.90 bits per heavy atom. The SMILES string of the molecule is CCOC(=O)Cc1nc2nc(N3CCC(Cc4ccccc4)CC3)ccc2[nH]c1=O. The first-order valence-electron chi connectivity index (χ1n) is 10.5. The smallest absolute Gasteiger partial charge is 0.312 e. The molecule has 1 aliphatic rings. The highest BCUT2D eigenvalue weighted by molar-refractivity contribution is 5.75. The van der Waals surface area contributed by atoms with Gasteiger partial charge in [-0.15, -0.1) is 0 Å². The van der Waals surface area contributed by atoms with Crippen molar-refractivity contribution in [2.75, 3.05) is 24.6 Å². The molecular weight excluding hydrogens is 380 g/mol. The van der Waals surface area contributed by atoms with E-state index in [2.05, 4.69) is 50.2 Å². The quantitative estimate of drug-likeness (QED) is 0.634. The number of hydrogen-bond acceptors (Lipinski definition) is 6. The van der Waals surface area contributed by atoms with E-state index in [-0.39, 0.29) is 24.3 Å². The Bertz CT molecular complexity index is 1070. The van der Waals surface area contributed by atoms with Gasteiger partial charge >= 0.3 is 5.97 Å². The molecule has 3 heterocycles. The standard InChI is InChI=1S/C23H26N4O3/c1-2-30-21(28)15-19-23(29)25-18-8-9-20(26-22(18)24-19)27-12-10-17(11-13-27)14-16-6-4-3-5-7-16/h3-9,17H,2,10-15H2,1H3,(H,25,29). The number of aromatic amines is 1. The maximum Gasteiger partial charge on any atom is 0.312 e. The van der Waals surface area contributed by atoms with E-state index in [9.17, 15) is 9.59 Å². The van der Waals surface area contributed by atoms with Gasteiger partial charge in [0, 0.05) is 13.1 Å². The number of ether oxygens (including phenoxy) is 1. The second-order valence-electron chi connectivity index (χ2n) is 7.66. The summed E-state index contributed by atoms with van der Waals surface area (Å²) in [6.07, 6.45) is 3.18. The van der Waals surface area contributed by atoms with Crippen LogP contribution in [0.25, 0.3) is 11.2 Å². The number of pyridine rings is 1. The van der Waals surface area contributed by atoms with Crippen molar-refractivity contribution < 1.29 is 9.53 Å². The number of rotatable bonds is 6. The number of piperidine rings is 1. The largest absolute Gasteiger partial charge is 0.466 e. The minimum Gasteiger partial charge on any atom is -0.466 e. The number of hydrogen-bond donors (Lipinski definition) is 1. The third-order valence-corrected chi connectivity index (χ3v) is 5.53. The number of carbonyl (C=O) groups excluding carboxylic acids is 1. The summed E-state index contributed by atoms with van der Waals surface area (Å²) >= 11 is 0. The molecule has 30 heavy (non-hydrogen) atoms. The average Bonchev–Trinajstić information content (AvgIpc) is 2.75. The van der Waals surface area contributed by atoms with E-state index in [0.29, 0.717) is 17.1 Å². The number of fused-ring (bicyclic) bond motifs is 1. The molecule has 1 aromatic carbocycles. The van der Waals surface area contributed by atoms with E-state index in [0.717, 1.165) is 38.2 Å². The van der Waals surface area contributed by atoms with Crippen LogP contribution in [-0.2, 0) is 22.4 Å². The predicted octanol–water partition coefficient (Wildman–Crippen LogP) is 2.88. The minimum absolute atomic E-state index is 0.132. The van der Waals surface area contributed by atoms with Crippen LogP contribution >= 0.6 is 0 Å². The van der Waals surface area contributed by atoms with E-state index in [4.69, 9.17) is 4.74 Å². The maximum absolute atomic E-state index is 12.2. The third kappa shape index (κ3) is 4.67. The maximum atomic E-state index is 12.2. The Morgan fingerprint density at radius 3 is 2.63 bits per heavy atom. The van der Waals surface area contributed by atoms with E-state index < -0.39 is 5.97 Å². The number of H-pyrrole nitrogens is 1. The summed E-state index contributed by atoms with van der Waals surface area (Å²) in [6, 6.07) is 14.4. The van der Waals surface area contributed by atoms with E-state index in [1.807, 2.05) is 12.1 Å². The first kappa shape index (κ1) is 20.1. The van der Waals surface area contributed by atoms with Gasteiger partial charge in [0.25, 0.3) is 5.56 Å². The van der Waals surface area contributed by atoms with Gasteiger partial charge in [0.1, 0.15) is 11.5 Å². The summed E-state index contributed by atoms with van der Waals surface area (Å²) in [5.41, 5.74) is 2.15. The average molecular weight is 406 g/mol. The number of aromatic nitrogens is 3. The Morgan fingerprint density at radius 1 is 1.13 bits per heavy atom. The minimum atomic E-state index is -0.466. The predicted molar refractivity (Wildman–Crippen MR) is 116 cm³/mol. The molecule has 0 radical (unpaired) electrons. The van der Waals surface area contributed by atoms with Crippen LogP contribution in [0.15, 0.2) is 47.3 Å². The van der Waals surface area contributed by atoms with Crippen molar-refractivity contribution >= 4 is 23.0 Å². The molecule has 0 unspecified atom stereocenters. The van der Waals surface area contributed by atoms with Gasteiger partial charge in [-0.05, 0) is 49.8 Å². The van der Waals surface area contributed by atoms with Gasteiger partial charge in [0.05, 0.1) is 18.5 Å².